The lowest BCUT2D eigenvalue weighted by atomic mass is 10.2. The van der Waals surface area contributed by atoms with E-state index in [-0.39, 0.29) is 0 Å². The molecule has 0 saturated carbocycles. The van der Waals surface area contributed by atoms with Crippen molar-refractivity contribution >= 4 is 5.69 Å². The molecule has 0 unspecified atom stereocenters. The maximum atomic E-state index is 5.81. The first-order valence-electron chi connectivity index (χ1n) is 5.35. The van der Waals surface area contributed by atoms with Gasteiger partial charge in [0.2, 0.25) is 0 Å². The number of nitrogens with two attached hydrogens (primary N) is 1. The third-order valence-corrected chi connectivity index (χ3v) is 2.11. The van der Waals surface area contributed by atoms with Crippen molar-refractivity contribution in [1.82, 2.24) is 15.3 Å². The van der Waals surface area contributed by atoms with E-state index in [2.05, 4.69) is 43.0 Å². The van der Waals surface area contributed by atoms with Crippen molar-refractivity contribution in [3.05, 3.63) is 17.7 Å². The first-order valence-corrected chi connectivity index (χ1v) is 5.35. The van der Waals surface area contributed by atoms with Gasteiger partial charge in [0.05, 0.1) is 17.6 Å². The fourth-order valence-electron chi connectivity index (χ4n) is 1.16. The van der Waals surface area contributed by atoms with E-state index < -0.39 is 0 Å². The van der Waals surface area contributed by atoms with Crippen LogP contribution in [0.4, 0.5) is 5.69 Å². The SMILES string of the molecule is CC(C)NCc1nc(C(C)C)ncc1N. The fraction of sp³-hybridized carbons (Fsp3) is 0.636. The van der Waals surface area contributed by atoms with E-state index in [1.807, 2.05) is 0 Å². The van der Waals surface area contributed by atoms with E-state index in [1.54, 1.807) is 6.20 Å². The molecule has 0 fully saturated rings. The Hall–Kier alpha value is -1.16. The van der Waals surface area contributed by atoms with E-state index in [1.165, 1.54) is 0 Å². The predicted octanol–water partition coefficient (Wildman–Crippen LogP) is 1.68. The average molecular weight is 208 g/mol. The lowest BCUT2D eigenvalue weighted by Crippen LogP contribution is -2.23. The summed E-state index contributed by atoms with van der Waals surface area (Å²) < 4.78 is 0. The number of nitrogen functional groups attached to an aromatic ring is 1. The van der Waals surface area contributed by atoms with Gasteiger partial charge in [-0.15, -0.1) is 0 Å². The molecule has 0 atom stereocenters. The van der Waals surface area contributed by atoms with Crippen molar-refractivity contribution in [1.29, 1.82) is 0 Å². The van der Waals surface area contributed by atoms with Crippen molar-refractivity contribution in [2.75, 3.05) is 5.73 Å². The highest BCUT2D eigenvalue weighted by Crippen LogP contribution is 2.13. The van der Waals surface area contributed by atoms with E-state index in [0.717, 1.165) is 11.5 Å². The van der Waals surface area contributed by atoms with Crippen LogP contribution in [0.15, 0.2) is 6.20 Å². The summed E-state index contributed by atoms with van der Waals surface area (Å²) in [5.41, 5.74) is 7.36. The molecule has 1 heterocycles. The quantitative estimate of drug-likeness (QED) is 0.790. The van der Waals surface area contributed by atoms with Crippen LogP contribution >= 0.6 is 0 Å². The van der Waals surface area contributed by atoms with Gasteiger partial charge < -0.3 is 11.1 Å². The summed E-state index contributed by atoms with van der Waals surface area (Å²) in [6.45, 7) is 9.05. The highest BCUT2D eigenvalue weighted by atomic mass is 15.0. The zero-order valence-electron chi connectivity index (χ0n) is 9.91. The van der Waals surface area contributed by atoms with Crippen LogP contribution < -0.4 is 11.1 Å². The van der Waals surface area contributed by atoms with Gasteiger partial charge in [0.25, 0.3) is 0 Å². The Labute approximate surface area is 91.3 Å². The first-order chi connectivity index (χ1) is 7.00. The summed E-state index contributed by atoms with van der Waals surface area (Å²) in [4.78, 5) is 8.65. The average Bonchev–Trinajstić information content (AvgIpc) is 2.16. The topological polar surface area (TPSA) is 63.8 Å². The molecule has 4 nitrogen and oxygen atoms in total. The molecule has 0 aliphatic carbocycles. The molecule has 0 amide bonds. The second kappa shape index (κ2) is 5.07. The molecule has 4 heteroatoms. The Bertz CT molecular complexity index is 320. The molecule has 0 aromatic carbocycles. The number of anilines is 1. The van der Waals surface area contributed by atoms with Gasteiger partial charge in [-0.1, -0.05) is 27.7 Å². The minimum Gasteiger partial charge on any atom is -0.396 e. The summed E-state index contributed by atoms with van der Waals surface area (Å²) in [6, 6.07) is 0.432. The van der Waals surface area contributed by atoms with Gasteiger partial charge in [-0.3, -0.25) is 0 Å². The second-order valence-corrected chi connectivity index (χ2v) is 4.32. The van der Waals surface area contributed by atoms with E-state index >= 15 is 0 Å². The molecule has 1 aromatic heterocycles. The van der Waals surface area contributed by atoms with Crippen LogP contribution in [-0.4, -0.2) is 16.0 Å². The van der Waals surface area contributed by atoms with Crippen LogP contribution in [0.1, 0.15) is 45.1 Å². The lowest BCUT2D eigenvalue weighted by Gasteiger charge is -2.11. The van der Waals surface area contributed by atoms with Crippen LogP contribution in [-0.2, 0) is 6.54 Å². The lowest BCUT2D eigenvalue weighted by molar-refractivity contribution is 0.578. The molecule has 1 rings (SSSR count). The van der Waals surface area contributed by atoms with Crippen molar-refractivity contribution in [2.24, 2.45) is 0 Å². The maximum absolute atomic E-state index is 5.81. The highest BCUT2D eigenvalue weighted by Gasteiger charge is 2.07. The van der Waals surface area contributed by atoms with Crippen molar-refractivity contribution in [3.63, 3.8) is 0 Å². The number of hydrogen-bond donors (Lipinski definition) is 2. The summed E-state index contributed by atoms with van der Waals surface area (Å²) in [7, 11) is 0. The van der Waals surface area contributed by atoms with Gasteiger partial charge in [-0.25, -0.2) is 9.97 Å². The molecule has 0 radical (unpaired) electrons. The van der Waals surface area contributed by atoms with E-state index in [9.17, 15) is 0 Å². The van der Waals surface area contributed by atoms with Gasteiger partial charge >= 0.3 is 0 Å². The van der Waals surface area contributed by atoms with Crippen LogP contribution in [0.3, 0.4) is 0 Å². The summed E-state index contributed by atoms with van der Waals surface area (Å²) in [6.07, 6.45) is 1.69. The molecule has 15 heavy (non-hydrogen) atoms. The Morgan fingerprint density at radius 1 is 1.33 bits per heavy atom. The minimum atomic E-state index is 0.336. The highest BCUT2D eigenvalue weighted by molar-refractivity contribution is 5.40. The smallest absolute Gasteiger partial charge is 0.131 e. The van der Waals surface area contributed by atoms with Crippen LogP contribution in [0.5, 0.6) is 0 Å². The Kier molecular flexibility index (Phi) is 4.03. The largest absolute Gasteiger partial charge is 0.396 e. The van der Waals surface area contributed by atoms with Crippen LogP contribution in [0.25, 0.3) is 0 Å². The normalized spacial score (nSPS) is 11.3. The fourth-order valence-corrected chi connectivity index (χ4v) is 1.16. The number of rotatable bonds is 4. The number of nitrogens with zero attached hydrogens (tertiary/aromatic N) is 2. The predicted molar refractivity (Wildman–Crippen MR) is 62.5 cm³/mol. The molecular formula is C11H20N4. The Balaban J connectivity index is 2.81. The van der Waals surface area contributed by atoms with Gasteiger partial charge in [0, 0.05) is 18.5 Å². The molecule has 3 N–H and O–H groups in total. The van der Waals surface area contributed by atoms with E-state index in [4.69, 9.17) is 5.73 Å². The number of hydrogen-bond acceptors (Lipinski definition) is 4. The van der Waals surface area contributed by atoms with Crippen molar-refractivity contribution in [2.45, 2.75) is 46.2 Å². The summed E-state index contributed by atoms with van der Waals surface area (Å²) in [5.74, 6) is 1.19. The monoisotopic (exact) mass is 208 g/mol. The van der Waals surface area contributed by atoms with Crippen LogP contribution in [0.2, 0.25) is 0 Å². The van der Waals surface area contributed by atoms with Gasteiger partial charge in [0.1, 0.15) is 5.82 Å². The molecule has 0 saturated heterocycles. The van der Waals surface area contributed by atoms with E-state index in [0.29, 0.717) is 24.2 Å². The molecule has 1 aromatic rings. The summed E-state index contributed by atoms with van der Waals surface area (Å²) in [5, 5.41) is 3.30. The standard InChI is InChI=1S/C11H20N4/c1-7(2)11-14-5-9(12)10(15-11)6-13-8(3)4/h5,7-8,13H,6,12H2,1-4H3. The van der Waals surface area contributed by atoms with Crippen LogP contribution in [0, 0.1) is 0 Å². The molecule has 0 aliphatic heterocycles. The zero-order chi connectivity index (χ0) is 11.4. The van der Waals surface area contributed by atoms with Gasteiger partial charge in [0.15, 0.2) is 0 Å². The Morgan fingerprint density at radius 3 is 2.53 bits per heavy atom. The molecule has 0 aliphatic rings. The van der Waals surface area contributed by atoms with Gasteiger partial charge in [-0.05, 0) is 0 Å². The molecular weight excluding hydrogens is 188 g/mol. The number of aromatic nitrogens is 2. The third kappa shape index (κ3) is 3.47. The first kappa shape index (κ1) is 11.9. The minimum absolute atomic E-state index is 0.336. The second-order valence-electron chi connectivity index (χ2n) is 4.32. The van der Waals surface area contributed by atoms with Crippen molar-refractivity contribution < 1.29 is 0 Å². The molecule has 0 bridgehead atoms. The molecule has 0 spiro atoms. The third-order valence-electron chi connectivity index (χ3n) is 2.11. The maximum Gasteiger partial charge on any atom is 0.131 e. The Morgan fingerprint density at radius 2 is 2.00 bits per heavy atom. The van der Waals surface area contributed by atoms with Crippen molar-refractivity contribution in [3.8, 4) is 0 Å². The molecule has 84 valence electrons. The number of nitrogens with one attached hydrogen (secondary N) is 1. The van der Waals surface area contributed by atoms with Gasteiger partial charge in [-0.2, -0.15) is 0 Å². The summed E-state index contributed by atoms with van der Waals surface area (Å²) >= 11 is 0. The zero-order valence-corrected chi connectivity index (χ0v) is 9.91.